The third-order valence-corrected chi connectivity index (χ3v) is 3.08. The first-order chi connectivity index (χ1) is 9.63. The fourth-order valence-corrected chi connectivity index (χ4v) is 1.83. The van der Waals surface area contributed by atoms with Gasteiger partial charge in [0.05, 0.1) is 22.5 Å². The molecule has 0 unspecified atom stereocenters. The Morgan fingerprint density at radius 2 is 2.30 bits per heavy atom. The quantitative estimate of drug-likeness (QED) is 0.662. The van der Waals surface area contributed by atoms with Crippen molar-refractivity contribution in [2.75, 3.05) is 0 Å². The average Bonchev–Trinajstić information content (AvgIpc) is 3.14. The SMILES string of the molecule is O=[N+]([O-])c1cc(-n2cc(CNC3CC3)nn2)ccc1F. The molecule has 1 fully saturated rings. The van der Waals surface area contributed by atoms with Gasteiger partial charge in [0.25, 0.3) is 0 Å². The van der Waals surface area contributed by atoms with Gasteiger partial charge in [-0.05, 0) is 25.0 Å². The molecule has 0 saturated heterocycles. The van der Waals surface area contributed by atoms with Crippen molar-refractivity contribution in [2.24, 2.45) is 0 Å². The molecule has 0 atom stereocenters. The second-order valence-electron chi connectivity index (χ2n) is 4.70. The largest absolute Gasteiger partial charge is 0.308 e. The summed E-state index contributed by atoms with van der Waals surface area (Å²) in [7, 11) is 0. The normalized spacial score (nSPS) is 14.4. The zero-order chi connectivity index (χ0) is 14.1. The minimum atomic E-state index is -0.866. The maximum absolute atomic E-state index is 13.3. The predicted molar refractivity (Wildman–Crippen MR) is 67.8 cm³/mol. The maximum atomic E-state index is 13.3. The minimum absolute atomic E-state index is 0.406. The minimum Gasteiger partial charge on any atom is -0.308 e. The van der Waals surface area contributed by atoms with E-state index in [1.807, 2.05) is 0 Å². The van der Waals surface area contributed by atoms with E-state index in [4.69, 9.17) is 0 Å². The fourth-order valence-electron chi connectivity index (χ4n) is 1.83. The van der Waals surface area contributed by atoms with Crippen LogP contribution >= 0.6 is 0 Å². The lowest BCUT2D eigenvalue weighted by Crippen LogP contribution is -2.15. The van der Waals surface area contributed by atoms with Crippen LogP contribution in [-0.2, 0) is 6.54 Å². The molecule has 0 aliphatic heterocycles. The summed E-state index contributed by atoms with van der Waals surface area (Å²) in [5, 5.41) is 21.9. The van der Waals surface area contributed by atoms with E-state index in [9.17, 15) is 14.5 Å². The van der Waals surface area contributed by atoms with E-state index < -0.39 is 16.4 Å². The first kappa shape index (κ1) is 12.7. The molecule has 8 heteroatoms. The molecule has 2 aromatic rings. The number of hydrogen-bond donors (Lipinski definition) is 1. The topological polar surface area (TPSA) is 85.9 Å². The van der Waals surface area contributed by atoms with Gasteiger partial charge in [-0.2, -0.15) is 4.39 Å². The summed E-state index contributed by atoms with van der Waals surface area (Å²) in [4.78, 5) is 9.95. The molecule has 1 heterocycles. The van der Waals surface area contributed by atoms with Crippen LogP contribution in [0.3, 0.4) is 0 Å². The van der Waals surface area contributed by atoms with Crippen molar-refractivity contribution in [1.29, 1.82) is 0 Å². The van der Waals surface area contributed by atoms with Crippen molar-refractivity contribution in [3.8, 4) is 5.69 Å². The Labute approximate surface area is 113 Å². The molecule has 0 spiro atoms. The molecule has 1 aromatic carbocycles. The van der Waals surface area contributed by atoms with Gasteiger partial charge in [-0.1, -0.05) is 5.21 Å². The van der Waals surface area contributed by atoms with Crippen LogP contribution in [0, 0.1) is 15.9 Å². The summed E-state index contributed by atoms with van der Waals surface area (Å²) in [5.41, 5.74) is 0.572. The molecule has 1 N–H and O–H groups in total. The second-order valence-corrected chi connectivity index (χ2v) is 4.70. The van der Waals surface area contributed by atoms with Crippen molar-refractivity contribution >= 4 is 5.69 Å². The van der Waals surface area contributed by atoms with E-state index in [2.05, 4.69) is 15.6 Å². The Kier molecular flexibility index (Phi) is 3.15. The Bertz CT molecular complexity index is 653. The van der Waals surface area contributed by atoms with Crippen LogP contribution in [0.1, 0.15) is 18.5 Å². The highest BCUT2D eigenvalue weighted by Gasteiger charge is 2.20. The summed E-state index contributed by atoms with van der Waals surface area (Å²) in [6.07, 6.45) is 4.03. The van der Waals surface area contributed by atoms with Gasteiger partial charge in [-0.3, -0.25) is 10.1 Å². The smallest absolute Gasteiger partial charge is 0.306 e. The van der Waals surface area contributed by atoms with Crippen molar-refractivity contribution in [3.63, 3.8) is 0 Å². The maximum Gasteiger partial charge on any atom is 0.306 e. The van der Waals surface area contributed by atoms with Gasteiger partial charge in [0.1, 0.15) is 0 Å². The highest BCUT2D eigenvalue weighted by molar-refractivity contribution is 5.43. The summed E-state index contributed by atoms with van der Waals surface area (Å²) < 4.78 is 14.7. The molecule has 1 saturated carbocycles. The van der Waals surface area contributed by atoms with Gasteiger partial charge in [0.2, 0.25) is 5.82 Å². The van der Waals surface area contributed by atoms with E-state index >= 15 is 0 Å². The molecule has 20 heavy (non-hydrogen) atoms. The van der Waals surface area contributed by atoms with Crippen LogP contribution in [0.4, 0.5) is 10.1 Å². The van der Waals surface area contributed by atoms with E-state index in [1.54, 1.807) is 6.20 Å². The number of aromatic nitrogens is 3. The molecule has 104 valence electrons. The molecular formula is C12H12FN5O2. The highest BCUT2D eigenvalue weighted by Crippen LogP contribution is 2.21. The Balaban J connectivity index is 1.81. The van der Waals surface area contributed by atoms with Gasteiger partial charge in [-0.15, -0.1) is 5.10 Å². The monoisotopic (exact) mass is 277 g/mol. The molecule has 7 nitrogen and oxygen atoms in total. The van der Waals surface area contributed by atoms with Crippen LogP contribution in [0.5, 0.6) is 0 Å². The van der Waals surface area contributed by atoms with Crippen molar-refractivity contribution in [1.82, 2.24) is 20.3 Å². The van der Waals surface area contributed by atoms with Gasteiger partial charge >= 0.3 is 5.69 Å². The van der Waals surface area contributed by atoms with Crippen LogP contribution < -0.4 is 5.32 Å². The van der Waals surface area contributed by atoms with Gasteiger partial charge in [0, 0.05) is 18.7 Å². The van der Waals surface area contributed by atoms with E-state index in [0.717, 1.165) is 17.8 Å². The lowest BCUT2D eigenvalue weighted by Gasteiger charge is -2.00. The standard InChI is InChI=1S/C12H12FN5O2/c13-11-4-3-10(5-12(11)18(19)20)17-7-9(15-16-17)6-14-8-1-2-8/h3-5,7-8,14H,1-2,6H2. The predicted octanol–water partition coefficient (Wildman–Crippen LogP) is 1.57. The lowest BCUT2D eigenvalue weighted by atomic mass is 10.2. The molecule has 0 bridgehead atoms. The highest BCUT2D eigenvalue weighted by atomic mass is 19.1. The number of halogens is 1. The van der Waals surface area contributed by atoms with Gasteiger partial charge in [0.15, 0.2) is 0 Å². The number of benzene rings is 1. The summed E-state index contributed by atoms with van der Waals surface area (Å²) in [6, 6.07) is 4.18. The van der Waals surface area contributed by atoms with Crippen molar-refractivity contribution in [3.05, 3.63) is 46.0 Å². The summed E-state index contributed by atoms with van der Waals surface area (Å²) >= 11 is 0. The lowest BCUT2D eigenvalue weighted by molar-refractivity contribution is -0.387. The summed E-state index contributed by atoms with van der Waals surface area (Å²) in [6.45, 7) is 0.605. The first-order valence-electron chi connectivity index (χ1n) is 6.22. The Morgan fingerprint density at radius 3 is 3.00 bits per heavy atom. The molecule has 3 rings (SSSR count). The Hall–Kier alpha value is -2.35. The zero-order valence-corrected chi connectivity index (χ0v) is 10.5. The van der Waals surface area contributed by atoms with E-state index in [0.29, 0.717) is 18.3 Å². The molecular weight excluding hydrogens is 265 g/mol. The third-order valence-electron chi connectivity index (χ3n) is 3.08. The number of nitrogens with one attached hydrogen (secondary N) is 1. The molecule has 1 aliphatic carbocycles. The van der Waals surface area contributed by atoms with E-state index in [-0.39, 0.29) is 0 Å². The third kappa shape index (κ3) is 2.64. The molecule has 1 aliphatic rings. The number of nitrogens with zero attached hydrogens (tertiary/aromatic N) is 4. The molecule has 1 aromatic heterocycles. The van der Waals surface area contributed by atoms with Crippen molar-refractivity contribution < 1.29 is 9.31 Å². The van der Waals surface area contributed by atoms with Crippen LogP contribution in [0.25, 0.3) is 5.69 Å². The zero-order valence-electron chi connectivity index (χ0n) is 10.5. The van der Waals surface area contributed by atoms with Gasteiger partial charge in [-0.25, -0.2) is 4.68 Å². The van der Waals surface area contributed by atoms with Gasteiger partial charge < -0.3 is 5.32 Å². The first-order valence-corrected chi connectivity index (χ1v) is 6.22. The van der Waals surface area contributed by atoms with Crippen LogP contribution in [0.2, 0.25) is 0 Å². The summed E-state index contributed by atoms with van der Waals surface area (Å²) in [5.74, 6) is -0.866. The number of nitro benzene ring substituents is 1. The van der Waals surface area contributed by atoms with Crippen LogP contribution in [-0.4, -0.2) is 26.0 Å². The molecule has 0 radical (unpaired) electrons. The second kappa shape index (κ2) is 4.97. The fraction of sp³-hybridized carbons (Fsp3) is 0.333. The van der Waals surface area contributed by atoms with Crippen LogP contribution in [0.15, 0.2) is 24.4 Å². The molecule has 0 amide bonds. The van der Waals surface area contributed by atoms with Crippen molar-refractivity contribution in [2.45, 2.75) is 25.4 Å². The Morgan fingerprint density at radius 1 is 1.50 bits per heavy atom. The number of nitro groups is 1. The number of rotatable bonds is 5. The number of hydrogen-bond acceptors (Lipinski definition) is 5. The average molecular weight is 277 g/mol. The van der Waals surface area contributed by atoms with E-state index in [1.165, 1.54) is 23.6 Å².